The zero-order chi connectivity index (χ0) is 9.42. The van der Waals surface area contributed by atoms with Gasteiger partial charge in [0.05, 0.1) is 18.1 Å². The average Bonchev–Trinajstić information content (AvgIpc) is 2.45. The summed E-state index contributed by atoms with van der Waals surface area (Å²) in [6, 6.07) is 3.43. The van der Waals surface area contributed by atoms with Crippen molar-refractivity contribution in [3.05, 3.63) is 35.8 Å². The molecule has 1 N–H and O–H groups in total. The van der Waals surface area contributed by atoms with Gasteiger partial charge in [0.1, 0.15) is 0 Å². The van der Waals surface area contributed by atoms with Crippen molar-refractivity contribution < 1.29 is 14.3 Å². The first kappa shape index (κ1) is 7.86. The minimum atomic E-state index is -0.917. The Balaban J connectivity index is 2.74. The largest absolute Gasteiger partial charge is 0.478 e. The molecule has 1 aliphatic heterocycles. The maximum atomic E-state index is 10.8. The number of carboxylic acid groups (broad SMARTS) is 1. The van der Waals surface area contributed by atoms with Gasteiger partial charge in [-0.1, -0.05) is 0 Å². The molecule has 0 bridgehead atoms. The Morgan fingerprint density at radius 3 is 2.92 bits per heavy atom. The quantitative estimate of drug-likeness (QED) is 0.725. The average molecular weight is 176 g/mol. The molecule has 2 rings (SSSR count). The van der Waals surface area contributed by atoms with Gasteiger partial charge in [0.25, 0.3) is 0 Å². The van der Waals surface area contributed by atoms with Gasteiger partial charge in [0, 0.05) is 5.56 Å². The number of hydrogen-bond donors (Lipinski definition) is 1. The van der Waals surface area contributed by atoms with Gasteiger partial charge in [-0.3, -0.25) is 0 Å². The molecule has 13 heavy (non-hydrogen) atoms. The summed E-state index contributed by atoms with van der Waals surface area (Å²) in [6.07, 6.45) is 3.01. The fourth-order valence-corrected chi connectivity index (χ4v) is 1.47. The predicted octanol–water partition coefficient (Wildman–Crippen LogP) is 2.39. The van der Waals surface area contributed by atoms with Crippen LogP contribution in [0.1, 0.15) is 15.9 Å². The Bertz CT molecular complexity index is 428. The normalized spacial score (nSPS) is 10.5. The van der Waals surface area contributed by atoms with Gasteiger partial charge in [-0.15, -0.1) is 0 Å². The van der Waals surface area contributed by atoms with Crippen LogP contribution in [0.2, 0.25) is 0 Å². The first-order chi connectivity index (χ1) is 6.20. The smallest absolute Gasteiger partial charge is 0.336 e. The fourth-order valence-electron chi connectivity index (χ4n) is 1.47. The van der Waals surface area contributed by atoms with Crippen molar-refractivity contribution in [3.63, 3.8) is 0 Å². The van der Waals surface area contributed by atoms with Crippen molar-refractivity contribution in [2.75, 3.05) is 0 Å². The van der Waals surface area contributed by atoms with Gasteiger partial charge in [0.15, 0.2) is 0 Å². The molecule has 0 saturated carbocycles. The lowest BCUT2D eigenvalue weighted by Crippen LogP contribution is -1.94. The molecule has 3 nitrogen and oxygen atoms in total. The van der Waals surface area contributed by atoms with E-state index in [9.17, 15) is 4.79 Å². The standard InChI is InChI=1S/C10H8O3/c1-6-4-8(10(11)12)9-5-13-3-2-7(6)9/h2-5H,1H3,(H,11,12). The maximum Gasteiger partial charge on any atom is 0.336 e. The predicted molar refractivity (Wildman–Crippen MR) is 47.0 cm³/mol. The van der Waals surface area contributed by atoms with Crippen LogP contribution in [0, 0.1) is 6.92 Å². The molecule has 66 valence electrons. The number of fused-ring (bicyclic) bond motifs is 1. The highest BCUT2D eigenvalue weighted by Gasteiger charge is 2.17. The van der Waals surface area contributed by atoms with Crippen LogP contribution >= 0.6 is 0 Å². The number of aryl methyl sites for hydroxylation is 1. The first-order valence-corrected chi connectivity index (χ1v) is 3.89. The van der Waals surface area contributed by atoms with E-state index in [0.29, 0.717) is 11.1 Å². The molecule has 0 atom stereocenters. The molecule has 0 saturated heterocycles. The second-order valence-electron chi connectivity index (χ2n) is 2.93. The second-order valence-corrected chi connectivity index (χ2v) is 2.93. The van der Waals surface area contributed by atoms with Crippen molar-refractivity contribution in [2.24, 2.45) is 0 Å². The Hall–Kier alpha value is -1.77. The van der Waals surface area contributed by atoms with Crippen LogP contribution in [-0.2, 0) is 0 Å². The maximum absolute atomic E-state index is 10.8. The van der Waals surface area contributed by atoms with E-state index in [-0.39, 0.29) is 0 Å². The van der Waals surface area contributed by atoms with E-state index in [1.165, 1.54) is 6.26 Å². The molecular formula is C10H8O3. The highest BCUT2D eigenvalue weighted by atomic mass is 16.4. The Morgan fingerprint density at radius 1 is 1.46 bits per heavy atom. The molecule has 2 aliphatic rings. The number of rotatable bonds is 1. The summed E-state index contributed by atoms with van der Waals surface area (Å²) in [5, 5.41) is 8.85. The Kier molecular flexibility index (Phi) is 1.59. The summed E-state index contributed by atoms with van der Waals surface area (Å²) in [6.45, 7) is 1.88. The second kappa shape index (κ2) is 2.62. The monoisotopic (exact) mass is 176 g/mol. The third kappa shape index (κ3) is 1.09. The van der Waals surface area contributed by atoms with Crippen LogP contribution in [0.5, 0.6) is 0 Å². The molecular weight excluding hydrogens is 168 g/mol. The van der Waals surface area contributed by atoms with E-state index < -0.39 is 5.97 Å². The zero-order valence-corrected chi connectivity index (χ0v) is 7.07. The highest BCUT2D eigenvalue weighted by Crippen LogP contribution is 2.31. The van der Waals surface area contributed by atoms with Gasteiger partial charge < -0.3 is 9.52 Å². The third-order valence-corrected chi connectivity index (χ3v) is 2.10. The summed E-state index contributed by atoms with van der Waals surface area (Å²) in [7, 11) is 0. The highest BCUT2D eigenvalue weighted by molar-refractivity contribution is 5.98. The van der Waals surface area contributed by atoms with Gasteiger partial charge in [-0.05, 0) is 30.2 Å². The number of hydrogen-bond acceptors (Lipinski definition) is 2. The first-order valence-electron chi connectivity index (χ1n) is 3.89. The van der Waals surface area contributed by atoms with Crippen molar-refractivity contribution in [3.8, 4) is 11.1 Å². The van der Waals surface area contributed by atoms with Gasteiger partial charge in [-0.25, -0.2) is 4.79 Å². The van der Waals surface area contributed by atoms with Crippen molar-refractivity contribution in [1.29, 1.82) is 0 Å². The summed E-state index contributed by atoms with van der Waals surface area (Å²) in [4.78, 5) is 10.8. The van der Waals surface area contributed by atoms with Gasteiger partial charge in [0.2, 0.25) is 0 Å². The Morgan fingerprint density at radius 2 is 2.23 bits per heavy atom. The van der Waals surface area contributed by atoms with Crippen molar-refractivity contribution in [2.45, 2.75) is 6.92 Å². The lowest BCUT2D eigenvalue weighted by atomic mass is 10.1. The fraction of sp³-hybridized carbons (Fsp3) is 0.100. The molecule has 0 fully saturated rings. The van der Waals surface area contributed by atoms with Crippen LogP contribution in [0.15, 0.2) is 29.1 Å². The van der Waals surface area contributed by atoms with Crippen LogP contribution in [0.25, 0.3) is 11.1 Å². The molecule has 0 unspecified atom stereocenters. The number of carbonyl (C=O) groups is 1. The summed E-state index contributed by atoms with van der Waals surface area (Å²) < 4.78 is 4.93. The lowest BCUT2D eigenvalue weighted by Gasteiger charge is -1.98. The van der Waals surface area contributed by atoms with E-state index in [1.54, 1.807) is 18.4 Å². The zero-order valence-electron chi connectivity index (χ0n) is 7.07. The lowest BCUT2D eigenvalue weighted by molar-refractivity contribution is 0.0698. The van der Waals surface area contributed by atoms with E-state index in [1.807, 2.05) is 6.92 Å². The molecule has 0 spiro atoms. The summed E-state index contributed by atoms with van der Waals surface area (Å²) >= 11 is 0. The van der Waals surface area contributed by atoms with Crippen molar-refractivity contribution >= 4 is 5.97 Å². The molecule has 0 aromatic heterocycles. The minimum absolute atomic E-state index is 0.303. The van der Waals surface area contributed by atoms with E-state index >= 15 is 0 Å². The molecule has 1 aliphatic carbocycles. The minimum Gasteiger partial charge on any atom is -0.478 e. The van der Waals surface area contributed by atoms with E-state index in [2.05, 4.69) is 0 Å². The molecule has 0 aromatic rings. The number of aromatic carboxylic acids is 1. The van der Waals surface area contributed by atoms with Crippen LogP contribution in [0.3, 0.4) is 0 Å². The molecule has 1 heterocycles. The van der Waals surface area contributed by atoms with Crippen LogP contribution < -0.4 is 0 Å². The number of carboxylic acids is 1. The van der Waals surface area contributed by atoms with E-state index in [4.69, 9.17) is 9.52 Å². The summed E-state index contributed by atoms with van der Waals surface area (Å²) in [5.41, 5.74) is 2.86. The summed E-state index contributed by atoms with van der Waals surface area (Å²) in [5.74, 6) is -0.917. The molecule has 3 heteroatoms. The molecule has 0 amide bonds. The van der Waals surface area contributed by atoms with E-state index in [0.717, 1.165) is 11.1 Å². The van der Waals surface area contributed by atoms with Crippen molar-refractivity contribution in [1.82, 2.24) is 0 Å². The Labute approximate surface area is 74.9 Å². The van der Waals surface area contributed by atoms with Gasteiger partial charge in [-0.2, -0.15) is 0 Å². The molecule has 0 aromatic carbocycles. The third-order valence-electron chi connectivity index (χ3n) is 2.10. The topological polar surface area (TPSA) is 50.4 Å². The van der Waals surface area contributed by atoms with Gasteiger partial charge >= 0.3 is 5.97 Å². The van der Waals surface area contributed by atoms with Crippen LogP contribution in [0.4, 0.5) is 0 Å². The van der Waals surface area contributed by atoms with Crippen LogP contribution in [-0.4, -0.2) is 11.1 Å². The molecule has 0 radical (unpaired) electrons. The SMILES string of the molecule is Cc1cc(C(=O)O)c2coccc1-2.